The molecule has 6 heteroatoms. The van der Waals surface area contributed by atoms with Gasteiger partial charge in [-0.15, -0.1) is 0 Å². The van der Waals surface area contributed by atoms with Crippen LogP contribution in [0.2, 0.25) is 0 Å². The molecule has 1 aromatic carbocycles. The van der Waals surface area contributed by atoms with Crippen LogP contribution < -0.4 is 10.2 Å². The fourth-order valence-electron chi connectivity index (χ4n) is 4.31. The van der Waals surface area contributed by atoms with Gasteiger partial charge in [-0.05, 0) is 63.6 Å². The molecule has 2 aliphatic rings. The molecule has 156 valence electrons. The maximum Gasteiger partial charge on any atom is 0.249 e. The Hall–Kier alpha value is -1.66. The van der Waals surface area contributed by atoms with Crippen LogP contribution >= 0.6 is 0 Å². The highest BCUT2D eigenvalue weighted by atomic mass is 19.1. The van der Waals surface area contributed by atoms with Gasteiger partial charge in [0.25, 0.3) is 0 Å². The lowest BCUT2D eigenvalue weighted by Gasteiger charge is -2.37. The zero-order valence-corrected chi connectivity index (χ0v) is 17.2. The highest BCUT2D eigenvalue weighted by Crippen LogP contribution is 2.27. The Morgan fingerprint density at radius 3 is 2.50 bits per heavy atom. The molecule has 1 heterocycles. The molecule has 0 bridgehead atoms. The standard InChI is InChI=1S/C22H34FN3O2/c1-17(28-2)22(27)24-19-9-7-18(8-10-19)11-12-25-13-15-26(16-14-25)21-6-4-3-5-20(21)23/h3-6,17-19H,7-16H2,1-2H3,(H,24,27)/t17-,18?,19?/m0/s1. The zero-order chi connectivity index (χ0) is 19.9. The summed E-state index contributed by atoms with van der Waals surface area (Å²) in [7, 11) is 1.57. The summed E-state index contributed by atoms with van der Waals surface area (Å²) in [5.41, 5.74) is 0.727. The Morgan fingerprint density at radius 2 is 1.86 bits per heavy atom. The zero-order valence-electron chi connectivity index (χ0n) is 17.2. The predicted molar refractivity (Wildman–Crippen MR) is 110 cm³/mol. The summed E-state index contributed by atoms with van der Waals surface area (Å²) in [6.45, 7) is 6.67. The van der Waals surface area contributed by atoms with Gasteiger partial charge in [0.1, 0.15) is 11.9 Å². The van der Waals surface area contributed by atoms with Crippen molar-refractivity contribution >= 4 is 11.6 Å². The minimum absolute atomic E-state index is 0.00123. The van der Waals surface area contributed by atoms with Crippen LogP contribution in [-0.2, 0) is 9.53 Å². The molecule has 0 unspecified atom stereocenters. The fraction of sp³-hybridized carbons (Fsp3) is 0.682. The van der Waals surface area contributed by atoms with Crippen LogP contribution in [0.4, 0.5) is 10.1 Å². The second-order valence-electron chi connectivity index (χ2n) is 8.17. The minimum Gasteiger partial charge on any atom is -0.372 e. The molecule has 0 radical (unpaired) electrons. The molecule has 1 aliphatic carbocycles. The SMILES string of the molecule is CO[C@@H](C)C(=O)NC1CCC(CCN2CCN(c3ccccc3F)CC2)CC1. The number of carbonyl (C=O) groups is 1. The van der Waals surface area contributed by atoms with Crippen molar-refractivity contribution in [3.63, 3.8) is 0 Å². The summed E-state index contributed by atoms with van der Waals surface area (Å²) in [6, 6.07) is 7.35. The summed E-state index contributed by atoms with van der Waals surface area (Å²) in [6.07, 6.45) is 5.33. The maximum atomic E-state index is 13.9. The molecule has 1 saturated heterocycles. The molecular formula is C22H34FN3O2. The second kappa shape index (κ2) is 10.2. The number of anilines is 1. The van der Waals surface area contributed by atoms with E-state index in [2.05, 4.69) is 15.1 Å². The van der Waals surface area contributed by atoms with Crippen molar-refractivity contribution in [1.29, 1.82) is 0 Å². The molecular weight excluding hydrogens is 357 g/mol. The van der Waals surface area contributed by atoms with Crippen LogP contribution in [0.15, 0.2) is 24.3 Å². The van der Waals surface area contributed by atoms with Crippen molar-refractivity contribution in [2.45, 2.75) is 51.2 Å². The van der Waals surface area contributed by atoms with Crippen molar-refractivity contribution in [3.05, 3.63) is 30.1 Å². The first-order valence-electron chi connectivity index (χ1n) is 10.6. The lowest BCUT2D eigenvalue weighted by molar-refractivity contribution is -0.131. The molecule has 3 rings (SSSR count). The number of hydrogen-bond donors (Lipinski definition) is 1. The number of piperazine rings is 1. The van der Waals surface area contributed by atoms with E-state index in [1.54, 1.807) is 20.1 Å². The smallest absolute Gasteiger partial charge is 0.249 e. The molecule has 2 fully saturated rings. The average molecular weight is 392 g/mol. The number of hydrogen-bond acceptors (Lipinski definition) is 4. The van der Waals surface area contributed by atoms with Crippen LogP contribution in [0.3, 0.4) is 0 Å². The van der Waals surface area contributed by atoms with Crippen molar-refractivity contribution in [1.82, 2.24) is 10.2 Å². The molecule has 0 spiro atoms. The first-order valence-corrected chi connectivity index (χ1v) is 10.6. The first-order chi connectivity index (χ1) is 13.6. The third-order valence-corrected chi connectivity index (χ3v) is 6.33. The van der Waals surface area contributed by atoms with E-state index in [4.69, 9.17) is 4.74 Å². The molecule has 1 atom stereocenters. The van der Waals surface area contributed by atoms with Crippen molar-refractivity contribution < 1.29 is 13.9 Å². The number of halogens is 1. The monoisotopic (exact) mass is 391 g/mol. The summed E-state index contributed by atoms with van der Waals surface area (Å²) >= 11 is 0. The van der Waals surface area contributed by atoms with Gasteiger partial charge < -0.3 is 15.0 Å². The topological polar surface area (TPSA) is 44.8 Å². The highest BCUT2D eigenvalue weighted by Gasteiger charge is 2.25. The van der Waals surface area contributed by atoms with E-state index in [1.165, 1.54) is 25.3 Å². The number of nitrogens with zero attached hydrogens (tertiary/aromatic N) is 2. The molecule has 1 aliphatic heterocycles. The molecule has 1 N–H and O–H groups in total. The minimum atomic E-state index is -0.374. The van der Waals surface area contributed by atoms with Gasteiger partial charge in [0.2, 0.25) is 5.91 Å². The Bertz CT molecular complexity index is 626. The van der Waals surface area contributed by atoms with E-state index < -0.39 is 0 Å². The number of rotatable bonds is 7. The average Bonchev–Trinajstić information content (AvgIpc) is 2.73. The highest BCUT2D eigenvalue weighted by molar-refractivity contribution is 5.80. The van der Waals surface area contributed by atoms with Crippen molar-refractivity contribution in [3.8, 4) is 0 Å². The van der Waals surface area contributed by atoms with Crippen LogP contribution in [0.5, 0.6) is 0 Å². The predicted octanol–water partition coefficient (Wildman–Crippen LogP) is 3.05. The van der Waals surface area contributed by atoms with E-state index in [9.17, 15) is 9.18 Å². The normalized spacial score (nSPS) is 24.8. The lowest BCUT2D eigenvalue weighted by Crippen LogP contribution is -2.47. The number of carbonyl (C=O) groups excluding carboxylic acids is 1. The number of methoxy groups -OCH3 is 1. The van der Waals surface area contributed by atoms with Gasteiger partial charge in [0.05, 0.1) is 5.69 Å². The quantitative estimate of drug-likeness (QED) is 0.776. The molecule has 1 saturated carbocycles. The van der Waals surface area contributed by atoms with Crippen molar-refractivity contribution in [2.24, 2.45) is 5.92 Å². The van der Waals surface area contributed by atoms with Gasteiger partial charge in [0.15, 0.2) is 0 Å². The van der Waals surface area contributed by atoms with Crippen LogP contribution in [-0.4, -0.2) is 62.8 Å². The largest absolute Gasteiger partial charge is 0.372 e. The Morgan fingerprint density at radius 1 is 1.18 bits per heavy atom. The van der Waals surface area contributed by atoms with E-state index in [-0.39, 0.29) is 17.8 Å². The fourth-order valence-corrected chi connectivity index (χ4v) is 4.31. The van der Waals surface area contributed by atoms with E-state index in [0.717, 1.165) is 57.2 Å². The Labute approximate surface area is 168 Å². The summed E-state index contributed by atoms with van der Waals surface area (Å²) in [5.74, 6) is 0.621. The van der Waals surface area contributed by atoms with Gasteiger partial charge in [-0.2, -0.15) is 0 Å². The summed E-state index contributed by atoms with van der Waals surface area (Å²) < 4.78 is 19.0. The molecule has 0 aromatic heterocycles. The van der Waals surface area contributed by atoms with Gasteiger partial charge in [-0.3, -0.25) is 9.69 Å². The van der Waals surface area contributed by atoms with E-state index >= 15 is 0 Å². The molecule has 1 amide bonds. The van der Waals surface area contributed by atoms with Crippen molar-refractivity contribution in [2.75, 3.05) is 44.7 Å². The number of para-hydroxylation sites is 1. The number of ether oxygens (including phenoxy) is 1. The summed E-state index contributed by atoms with van der Waals surface area (Å²) in [4.78, 5) is 16.6. The van der Waals surface area contributed by atoms with E-state index in [1.807, 2.05) is 12.1 Å². The number of nitrogens with one attached hydrogen (secondary N) is 1. The third-order valence-electron chi connectivity index (χ3n) is 6.33. The van der Waals surface area contributed by atoms with Gasteiger partial charge in [0, 0.05) is 39.3 Å². The molecule has 5 nitrogen and oxygen atoms in total. The molecule has 28 heavy (non-hydrogen) atoms. The van der Waals surface area contributed by atoms with Crippen LogP contribution in [0.25, 0.3) is 0 Å². The first kappa shape index (κ1) is 21.1. The number of amides is 1. The second-order valence-corrected chi connectivity index (χ2v) is 8.17. The van der Waals surface area contributed by atoms with Gasteiger partial charge in [-0.25, -0.2) is 4.39 Å². The lowest BCUT2D eigenvalue weighted by atomic mass is 9.84. The summed E-state index contributed by atoms with van der Waals surface area (Å²) in [5, 5.41) is 3.11. The van der Waals surface area contributed by atoms with Crippen LogP contribution in [0.1, 0.15) is 39.0 Å². The van der Waals surface area contributed by atoms with Crippen LogP contribution in [0, 0.1) is 11.7 Å². The van der Waals surface area contributed by atoms with E-state index in [0.29, 0.717) is 6.04 Å². The maximum absolute atomic E-state index is 13.9. The Balaban J connectivity index is 1.33. The van der Waals surface area contributed by atoms with Gasteiger partial charge >= 0.3 is 0 Å². The number of benzene rings is 1. The van der Waals surface area contributed by atoms with Gasteiger partial charge in [-0.1, -0.05) is 12.1 Å². The third kappa shape index (κ3) is 5.67. The Kier molecular flexibility index (Phi) is 7.68. The molecule has 1 aromatic rings.